The van der Waals surface area contributed by atoms with Crippen molar-refractivity contribution in [3.8, 4) is 0 Å². The number of carboxylic acids is 1. The number of rotatable bonds is 5. The van der Waals surface area contributed by atoms with Gasteiger partial charge in [0.2, 0.25) is 0 Å². The fourth-order valence-electron chi connectivity index (χ4n) is 4.79. The average Bonchev–Trinajstić information content (AvgIpc) is 2.64. The molecule has 0 spiro atoms. The lowest BCUT2D eigenvalue weighted by Gasteiger charge is -2.43. The van der Waals surface area contributed by atoms with Gasteiger partial charge in [-0.05, 0) is 44.1 Å². The Labute approximate surface area is 165 Å². The highest BCUT2D eigenvalue weighted by atomic mass is 16.4. The lowest BCUT2D eigenvalue weighted by Crippen LogP contribution is -2.47. The molecule has 0 radical (unpaired) electrons. The summed E-state index contributed by atoms with van der Waals surface area (Å²) >= 11 is 0. The molecule has 3 heterocycles. The molecular formula is C22H27N3O3. The van der Waals surface area contributed by atoms with Gasteiger partial charge in [-0.25, -0.2) is 4.79 Å². The molecule has 148 valence electrons. The molecule has 28 heavy (non-hydrogen) atoms. The molecule has 2 atom stereocenters. The minimum atomic E-state index is -0.877. The van der Waals surface area contributed by atoms with Gasteiger partial charge in [0.05, 0.1) is 5.56 Å². The van der Waals surface area contributed by atoms with Crippen molar-refractivity contribution in [3.63, 3.8) is 0 Å². The Morgan fingerprint density at radius 3 is 2.64 bits per heavy atom. The first-order valence-corrected chi connectivity index (χ1v) is 9.83. The van der Waals surface area contributed by atoms with Gasteiger partial charge in [0.25, 0.3) is 5.56 Å². The summed E-state index contributed by atoms with van der Waals surface area (Å²) < 4.78 is 1.99. The molecule has 0 unspecified atom stereocenters. The fourth-order valence-corrected chi connectivity index (χ4v) is 4.79. The largest absolute Gasteiger partial charge is 0.478 e. The maximum absolute atomic E-state index is 12.9. The molecule has 6 heteroatoms. The lowest BCUT2D eigenvalue weighted by molar-refractivity contribution is 0.0692. The van der Waals surface area contributed by atoms with E-state index in [9.17, 15) is 14.7 Å². The molecule has 1 N–H and O–H groups in total. The van der Waals surface area contributed by atoms with Gasteiger partial charge in [-0.1, -0.05) is 24.3 Å². The second kappa shape index (κ2) is 7.53. The van der Waals surface area contributed by atoms with E-state index in [1.54, 1.807) is 12.1 Å². The van der Waals surface area contributed by atoms with Gasteiger partial charge in [0.1, 0.15) is 0 Å². The molecule has 2 aliphatic heterocycles. The Balaban J connectivity index is 1.57. The zero-order chi connectivity index (χ0) is 19.8. The quantitative estimate of drug-likeness (QED) is 0.860. The predicted octanol–water partition coefficient (Wildman–Crippen LogP) is 2.23. The van der Waals surface area contributed by atoms with Crippen molar-refractivity contribution in [2.45, 2.75) is 32.0 Å². The summed E-state index contributed by atoms with van der Waals surface area (Å²) in [6, 6.07) is 11.3. The van der Waals surface area contributed by atoms with Crippen molar-refractivity contribution in [1.82, 2.24) is 14.4 Å². The predicted molar refractivity (Wildman–Crippen MR) is 108 cm³/mol. The first-order valence-electron chi connectivity index (χ1n) is 9.83. The summed E-state index contributed by atoms with van der Waals surface area (Å²) in [6.45, 7) is 3.80. The third-order valence-electron chi connectivity index (χ3n) is 5.89. The summed E-state index contributed by atoms with van der Waals surface area (Å²) in [6.07, 6.45) is 1.10. The summed E-state index contributed by atoms with van der Waals surface area (Å²) in [5.41, 5.74) is 3.35. The third kappa shape index (κ3) is 3.62. The molecule has 0 amide bonds. The van der Waals surface area contributed by atoms with Crippen LogP contribution in [0.1, 0.15) is 39.5 Å². The molecule has 1 aromatic carbocycles. The summed E-state index contributed by atoms with van der Waals surface area (Å²) in [4.78, 5) is 28.8. The number of pyridine rings is 1. The number of piperidine rings is 1. The van der Waals surface area contributed by atoms with Gasteiger partial charge in [-0.2, -0.15) is 0 Å². The van der Waals surface area contributed by atoms with Crippen LogP contribution in [0.5, 0.6) is 0 Å². The van der Waals surface area contributed by atoms with E-state index < -0.39 is 5.97 Å². The van der Waals surface area contributed by atoms with Gasteiger partial charge >= 0.3 is 5.97 Å². The van der Waals surface area contributed by atoms with Crippen LogP contribution in [0.4, 0.5) is 0 Å². The Morgan fingerprint density at radius 1 is 1.11 bits per heavy atom. The summed E-state index contributed by atoms with van der Waals surface area (Å²) in [5.74, 6) is -0.126. The molecule has 2 aliphatic rings. The van der Waals surface area contributed by atoms with Crippen molar-refractivity contribution in [1.29, 1.82) is 0 Å². The molecule has 2 bridgehead atoms. The van der Waals surface area contributed by atoms with Crippen LogP contribution in [0.3, 0.4) is 0 Å². The van der Waals surface area contributed by atoms with Crippen LogP contribution in [0.25, 0.3) is 0 Å². The SMILES string of the molecule is CN(C)Cc1ccc2n(c1=O)C[C@H]1C[C@@H]2CN(Cc2ccccc2C(=O)O)C1. The van der Waals surface area contributed by atoms with E-state index in [0.29, 0.717) is 30.5 Å². The summed E-state index contributed by atoms with van der Waals surface area (Å²) in [5, 5.41) is 9.45. The van der Waals surface area contributed by atoms with Crippen LogP contribution < -0.4 is 5.56 Å². The summed E-state index contributed by atoms with van der Waals surface area (Å²) in [7, 11) is 3.95. The van der Waals surface area contributed by atoms with Gasteiger partial charge in [0, 0.05) is 49.9 Å². The van der Waals surface area contributed by atoms with Gasteiger partial charge in [0.15, 0.2) is 0 Å². The third-order valence-corrected chi connectivity index (χ3v) is 5.89. The first-order chi connectivity index (χ1) is 13.4. The average molecular weight is 381 g/mol. The van der Waals surface area contributed by atoms with Gasteiger partial charge in [-0.3, -0.25) is 9.69 Å². The number of hydrogen-bond donors (Lipinski definition) is 1. The van der Waals surface area contributed by atoms with E-state index in [-0.39, 0.29) is 5.56 Å². The van der Waals surface area contributed by atoms with Crippen molar-refractivity contribution >= 4 is 5.97 Å². The van der Waals surface area contributed by atoms with Gasteiger partial charge in [-0.15, -0.1) is 0 Å². The van der Waals surface area contributed by atoms with E-state index >= 15 is 0 Å². The monoisotopic (exact) mass is 381 g/mol. The van der Waals surface area contributed by atoms with Crippen molar-refractivity contribution in [2.75, 3.05) is 27.2 Å². The smallest absolute Gasteiger partial charge is 0.336 e. The number of aromatic nitrogens is 1. The fraction of sp³-hybridized carbons (Fsp3) is 0.455. The highest BCUT2D eigenvalue weighted by molar-refractivity contribution is 5.89. The number of likely N-dealkylation sites (tertiary alicyclic amines) is 1. The number of nitrogens with zero attached hydrogens (tertiary/aromatic N) is 3. The minimum absolute atomic E-state index is 0.144. The Morgan fingerprint density at radius 2 is 1.89 bits per heavy atom. The zero-order valence-corrected chi connectivity index (χ0v) is 16.5. The topological polar surface area (TPSA) is 65.8 Å². The lowest BCUT2D eigenvalue weighted by atomic mass is 9.82. The maximum Gasteiger partial charge on any atom is 0.336 e. The number of carboxylic acid groups (broad SMARTS) is 1. The molecule has 1 fully saturated rings. The number of hydrogen-bond acceptors (Lipinski definition) is 4. The van der Waals surface area contributed by atoms with E-state index in [0.717, 1.165) is 42.9 Å². The molecular weight excluding hydrogens is 354 g/mol. The Bertz CT molecular complexity index is 950. The number of aromatic carboxylic acids is 1. The van der Waals surface area contributed by atoms with E-state index in [4.69, 9.17) is 0 Å². The number of carbonyl (C=O) groups is 1. The second-order valence-corrected chi connectivity index (χ2v) is 8.39. The zero-order valence-electron chi connectivity index (χ0n) is 16.5. The Kier molecular flexibility index (Phi) is 5.08. The van der Waals surface area contributed by atoms with Crippen molar-refractivity contribution in [3.05, 3.63) is 69.1 Å². The van der Waals surface area contributed by atoms with Crippen LogP contribution in [0.15, 0.2) is 41.2 Å². The molecule has 1 saturated heterocycles. The van der Waals surface area contributed by atoms with Crippen LogP contribution in [-0.4, -0.2) is 52.6 Å². The van der Waals surface area contributed by atoms with Gasteiger partial charge < -0.3 is 14.6 Å². The molecule has 0 aliphatic carbocycles. The van der Waals surface area contributed by atoms with Crippen molar-refractivity contribution < 1.29 is 9.90 Å². The molecule has 4 rings (SSSR count). The number of benzene rings is 1. The molecule has 1 aromatic heterocycles. The van der Waals surface area contributed by atoms with E-state index in [1.807, 2.05) is 41.8 Å². The van der Waals surface area contributed by atoms with Crippen LogP contribution in [-0.2, 0) is 19.6 Å². The molecule has 6 nitrogen and oxygen atoms in total. The van der Waals surface area contributed by atoms with E-state index in [1.165, 1.54) is 0 Å². The second-order valence-electron chi connectivity index (χ2n) is 8.39. The molecule has 0 saturated carbocycles. The first kappa shape index (κ1) is 18.9. The standard InChI is InChI=1S/C22H27N3O3/c1-23(2)12-17-7-8-20-18-9-15(11-25(20)21(17)26)10-24(14-18)13-16-5-3-4-6-19(16)22(27)28/h3-8,15,18H,9-14H2,1-2H3,(H,27,28)/t15-,18+/m0/s1. The van der Waals surface area contributed by atoms with Crippen molar-refractivity contribution in [2.24, 2.45) is 5.92 Å². The highest BCUT2D eigenvalue weighted by Crippen LogP contribution is 2.35. The van der Waals surface area contributed by atoms with E-state index in [2.05, 4.69) is 11.0 Å². The Hall–Kier alpha value is -2.44. The van der Waals surface area contributed by atoms with Crippen LogP contribution in [0.2, 0.25) is 0 Å². The van der Waals surface area contributed by atoms with Crippen LogP contribution >= 0.6 is 0 Å². The maximum atomic E-state index is 12.9. The number of fused-ring (bicyclic) bond motifs is 4. The molecule has 2 aromatic rings. The normalized spacial score (nSPS) is 21.5. The van der Waals surface area contributed by atoms with Crippen LogP contribution in [0, 0.1) is 5.92 Å². The minimum Gasteiger partial charge on any atom is -0.478 e. The highest BCUT2D eigenvalue weighted by Gasteiger charge is 2.35.